The van der Waals surface area contributed by atoms with Gasteiger partial charge in [-0.25, -0.2) is 4.79 Å². The van der Waals surface area contributed by atoms with Crippen molar-refractivity contribution in [3.63, 3.8) is 0 Å². The highest BCUT2D eigenvalue weighted by atomic mass is 16.2. The molecule has 1 atom stereocenters. The van der Waals surface area contributed by atoms with Crippen molar-refractivity contribution in [1.82, 2.24) is 35.2 Å². The SMILES string of the molecule is CCn1cnnc1C(C)NC(=O)N(C)Cc1cc(C(C)(C)C)n[nH]1. The van der Waals surface area contributed by atoms with Gasteiger partial charge in [0.25, 0.3) is 0 Å². The van der Waals surface area contributed by atoms with Crippen LogP contribution in [0.3, 0.4) is 0 Å². The second kappa shape index (κ2) is 7.02. The molecule has 1 unspecified atom stereocenters. The first-order valence-electron chi connectivity index (χ1n) is 8.16. The van der Waals surface area contributed by atoms with Crippen molar-refractivity contribution >= 4 is 6.03 Å². The maximum Gasteiger partial charge on any atom is 0.318 e. The highest BCUT2D eigenvalue weighted by molar-refractivity contribution is 5.74. The van der Waals surface area contributed by atoms with Crippen molar-refractivity contribution in [3.05, 3.63) is 29.6 Å². The molecule has 0 saturated heterocycles. The predicted octanol–water partition coefficient (Wildman–Crippen LogP) is 2.22. The Balaban J connectivity index is 1.96. The minimum atomic E-state index is -0.214. The van der Waals surface area contributed by atoms with E-state index in [4.69, 9.17) is 0 Å². The first-order chi connectivity index (χ1) is 11.2. The summed E-state index contributed by atoms with van der Waals surface area (Å²) in [6.07, 6.45) is 1.67. The maximum atomic E-state index is 12.4. The summed E-state index contributed by atoms with van der Waals surface area (Å²) in [6, 6.07) is 1.62. The van der Waals surface area contributed by atoms with E-state index >= 15 is 0 Å². The molecule has 0 radical (unpaired) electrons. The molecule has 0 aromatic carbocycles. The van der Waals surface area contributed by atoms with Crippen molar-refractivity contribution in [3.8, 4) is 0 Å². The van der Waals surface area contributed by atoms with Gasteiger partial charge in [-0.3, -0.25) is 5.10 Å². The van der Waals surface area contributed by atoms with E-state index in [1.807, 2.05) is 24.5 Å². The number of aromatic nitrogens is 5. The van der Waals surface area contributed by atoms with E-state index in [2.05, 4.69) is 46.5 Å². The molecular weight excluding hydrogens is 306 g/mol. The van der Waals surface area contributed by atoms with Crippen LogP contribution in [0.4, 0.5) is 4.79 Å². The van der Waals surface area contributed by atoms with Crippen LogP contribution in [0.1, 0.15) is 57.9 Å². The van der Waals surface area contributed by atoms with Gasteiger partial charge in [-0.1, -0.05) is 20.8 Å². The number of H-pyrrole nitrogens is 1. The molecule has 8 nitrogen and oxygen atoms in total. The first kappa shape index (κ1) is 18.0. The maximum absolute atomic E-state index is 12.4. The number of aryl methyl sites for hydroxylation is 1. The van der Waals surface area contributed by atoms with E-state index < -0.39 is 0 Å². The quantitative estimate of drug-likeness (QED) is 0.877. The summed E-state index contributed by atoms with van der Waals surface area (Å²) in [7, 11) is 1.75. The van der Waals surface area contributed by atoms with E-state index in [9.17, 15) is 4.79 Å². The molecule has 2 heterocycles. The van der Waals surface area contributed by atoms with Crippen LogP contribution in [0.5, 0.6) is 0 Å². The average molecular weight is 333 g/mol. The van der Waals surface area contributed by atoms with Gasteiger partial charge in [0.15, 0.2) is 5.82 Å². The Morgan fingerprint density at radius 3 is 2.75 bits per heavy atom. The van der Waals surface area contributed by atoms with Crippen LogP contribution in [0.2, 0.25) is 0 Å². The summed E-state index contributed by atoms with van der Waals surface area (Å²) < 4.78 is 1.91. The van der Waals surface area contributed by atoms with Gasteiger partial charge in [-0.15, -0.1) is 10.2 Å². The summed E-state index contributed by atoms with van der Waals surface area (Å²) in [5.74, 6) is 0.746. The van der Waals surface area contributed by atoms with E-state index in [1.165, 1.54) is 0 Å². The summed E-state index contributed by atoms with van der Waals surface area (Å²) in [6.45, 7) is 11.5. The van der Waals surface area contributed by atoms with Crippen LogP contribution in [-0.2, 0) is 18.5 Å². The van der Waals surface area contributed by atoms with Crippen LogP contribution < -0.4 is 5.32 Å². The van der Waals surface area contributed by atoms with Crippen LogP contribution in [-0.4, -0.2) is 42.9 Å². The third-order valence-electron chi connectivity index (χ3n) is 3.87. The molecule has 0 saturated carbocycles. The Labute approximate surface area is 142 Å². The topological polar surface area (TPSA) is 91.7 Å². The molecule has 8 heteroatoms. The Morgan fingerprint density at radius 2 is 2.17 bits per heavy atom. The Bertz CT molecular complexity index is 683. The van der Waals surface area contributed by atoms with E-state index in [-0.39, 0.29) is 17.5 Å². The zero-order valence-corrected chi connectivity index (χ0v) is 15.3. The van der Waals surface area contributed by atoms with E-state index in [0.29, 0.717) is 6.54 Å². The van der Waals surface area contributed by atoms with Crippen molar-refractivity contribution in [2.75, 3.05) is 7.05 Å². The van der Waals surface area contributed by atoms with Gasteiger partial charge in [-0.2, -0.15) is 5.10 Å². The van der Waals surface area contributed by atoms with Crippen molar-refractivity contribution in [2.45, 2.75) is 59.2 Å². The number of amides is 2. The van der Waals surface area contributed by atoms with Crippen LogP contribution >= 0.6 is 0 Å². The largest absolute Gasteiger partial charge is 0.328 e. The van der Waals surface area contributed by atoms with Gasteiger partial charge in [-0.05, 0) is 19.9 Å². The molecule has 2 amide bonds. The molecule has 2 aromatic heterocycles. The predicted molar refractivity (Wildman–Crippen MR) is 91.4 cm³/mol. The van der Waals surface area contributed by atoms with Crippen LogP contribution in [0.15, 0.2) is 12.4 Å². The van der Waals surface area contributed by atoms with Crippen LogP contribution in [0, 0.1) is 0 Å². The summed E-state index contributed by atoms with van der Waals surface area (Å²) in [5, 5.41) is 18.2. The van der Waals surface area contributed by atoms with Crippen LogP contribution in [0.25, 0.3) is 0 Å². The van der Waals surface area contributed by atoms with Crippen molar-refractivity contribution in [2.24, 2.45) is 0 Å². The number of carbonyl (C=O) groups is 1. The first-order valence-corrected chi connectivity index (χ1v) is 8.16. The normalized spacial score (nSPS) is 12.9. The van der Waals surface area contributed by atoms with Crippen molar-refractivity contribution in [1.29, 1.82) is 0 Å². The second-order valence-electron chi connectivity index (χ2n) is 7.03. The lowest BCUT2D eigenvalue weighted by Gasteiger charge is -2.20. The van der Waals surface area contributed by atoms with Crippen molar-refractivity contribution < 1.29 is 4.79 Å². The fourth-order valence-electron chi connectivity index (χ4n) is 2.36. The third kappa shape index (κ3) is 4.12. The molecule has 0 bridgehead atoms. The number of hydrogen-bond donors (Lipinski definition) is 2. The zero-order valence-electron chi connectivity index (χ0n) is 15.3. The number of nitrogens with one attached hydrogen (secondary N) is 2. The molecule has 0 spiro atoms. The minimum absolute atomic E-state index is 0.0195. The molecule has 0 aliphatic heterocycles. The number of carbonyl (C=O) groups excluding carboxylic acids is 1. The van der Waals surface area contributed by atoms with Gasteiger partial charge in [0.1, 0.15) is 6.33 Å². The van der Waals surface area contributed by atoms with Gasteiger partial charge in [0.2, 0.25) is 0 Å². The highest BCUT2D eigenvalue weighted by Gasteiger charge is 2.20. The minimum Gasteiger partial charge on any atom is -0.328 e. The Hall–Kier alpha value is -2.38. The summed E-state index contributed by atoms with van der Waals surface area (Å²) in [5.41, 5.74) is 1.87. The Kier molecular flexibility index (Phi) is 5.26. The zero-order chi connectivity index (χ0) is 17.9. The second-order valence-corrected chi connectivity index (χ2v) is 7.03. The smallest absolute Gasteiger partial charge is 0.318 e. The Morgan fingerprint density at radius 1 is 1.46 bits per heavy atom. The molecule has 2 rings (SSSR count). The molecular formula is C16H27N7O. The average Bonchev–Trinajstić information content (AvgIpc) is 3.14. The van der Waals surface area contributed by atoms with Gasteiger partial charge in [0, 0.05) is 19.0 Å². The van der Waals surface area contributed by atoms with Gasteiger partial charge in [0.05, 0.1) is 24.0 Å². The third-order valence-corrected chi connectivity index (χ3v) is 3.87. The number of hydrogen-bond acceptors (Lipinski definition) is 4. The molecule has 2 N–H and O–H groups in total. The molecule has 0 aliphatic rings. The number of rotatable bonds is 5. The lowest BCUT2D eigenvalue weighted by molar-refractivity contribution is 0.202. The molecule has 0 aliphatic carbocycles. The lowest BCUT2D eigenvalue weighted by Crippen LogP contribution is -2.39. The molecule has 2 aromatic rings. The highest BCUT2D eigenvalue weighted by Crippen LogP contribution is 2.20. The number of nitrogens with zero attached hydrogens (tertiary/aromatic N) is 5. The number of urea groups is 1. The standard InChI is InChI=1S/C16H27N7O/c1-7-23-10-17-21-14(23)11(2)18-15(24)22(6)9-12-8-13(20-19-12)16(3,4)5/h8,10-11H,7,9H2,1-6H3,(H,18,24)(H,19,20). The molecule has 0 fully saturated rings. The fourth-order valence-corrected chi connectivity index (χ4v) is 2.36. The van der Waals surface area contributed by atoms with E-state index in [0.717, 1.165) is 23.8 Å². The summed E-state index contributed by atoms with van der Waals surface area (Å²) in [4.78, 5) is 14.0. The van der Waals surface area contributed by atoms with E-state index in [1.54, 1.807) is 18.3 Å². The van der Waals surface area contributed by atoms with Gasteiger partial charge >= 0.3 is 6.03 Å². The van der Waals surface area contributed by atoms with Gasteiger partial charge < -0.3 is 14.8 Å². The fraction of sp³-hybridized carbons (Fsp3) is 0.625. The molecule has 132 valence electrons. The number of aromatic amines is 1. The summed E-state index contributed by atoms with van der Waals surface area (Å²) >= 11 is 0. The molecule has 24 heavy (non-hydrogen) atoms. The lowest BCUT2D eigenvalue weighted by atomic mass is 9.92. The monoisotopic (exact) mass is 333 g/mol.